The van der Waals surface area contributed by atoms with Gasteiger partial charge in [-0.1, -0.05) is 6.07 Å². The number of ether oxygens (including phenoxy) is 2. The fraction of sp³-hybridized carbons (Fsp3) is 0.500. The van der Waals surface area contributed by atoms with E-state index in [9.17, 15) is 22.7 Å². The highest BCUT2D eigenvalue weighted by molar-refractivity contribution is 5.31. The summed E-state index contributed by atoms with van der Waals surface area (Å²) in [5.41, 5.74) is -3.46. The number of rotatable bonds is 4. The van der Waals surface area contributed by atoms with Crippen molar-refractivity contribution in [2.75, 3.05) is 14.2 Å². The summed E-state index contributed by atoms with van der Waals surface area (Å²) in [6.45, 7) is 1.22. The van der Waals surface area contributed by atoms with Gasteiger partial charge < -0.3 is 14.6 Å². The topological polar surface area (TPSA) is 38.7 Å². The van der Waals surface area contributed by atoms with E-state index >= 15 is 0 Å². The molecule has 19 heavy (non-hydrogen) atoms. The van der Waals surface area contributed by atoms with Crippen LogP contribution in [0.5, 0.6) is 0 Å². The zero-order chi connectivity index (χ0) is 14.8. The van der Waals surface area contributed by atoms with Crippen LogP contribution in [0.2, 0.25) is 0 Å². The zero-order valence-corrected chi connectivity index (χ0v) is 10.6. The van der Waals surface area contributed by atoms with Gasteiger partial charge >= 0.3 is 6.18 Å². The van der Waals surface area contributed by atoms with Crippen LogP contribution in [-0.4, -0.2) is 25.6 Å². The third kappa shape index (κ3) is 3.23. The predicted octanol–water partition coefficient (Wildman–Crippen LogP) is 2.67. The summed E-state index contributed by atoms with van der Waals surface area (Å²) in [6, 6.07) is 2.24. The first-order valence-corrected chi connectivity index (χ1v) is 5.29. The average Bonchev–Trinajstić information content (AvgIpc) is 2.28. The van der Waals surface area contributed by atoms with Crippen LogP contribution in [0.15, 0.2) is 18.2 Å². The minimum Gasteiger partial charge on any atom is -0.380 e. The lowest BCUT2D eigenvalue weighted by atomic mass is 9.93. The van der Waals surface area contributed by atoms with Crippen molar-refractivity contribution >= 4 is 0 Å². The fourth-order valence-corrected chi connectivity index (χ4v) is 1.75. The molecule has 1 atom stereocenters. The normalized spacial score (nSPS) is 15.6. The minimum atomic E-state index is -4.84. The number of hydrogen-bond acceptors (Lipinski definition) is 3. The lowest BCUT2D eigenvalue weighted by Gasteiger charge is -2.31. The largest absolute Gasteiger partial charge is 0.419 e. The molecule has 0 radical (unpaired) electrons. The Morgan fingerprint density at radius 1 is 1.16 bits per heavy atom. The first-order chi connectivity index (χ1) is 8.64. The molecule has 0 aliphatic heterocycles. The van der Waals surface area contributed by atoms with Gasteiger partial charge in [-0.05, 0) is 24.6 Å². The van der Waals surface area contributed by atoms with E-state index in [0.29, 0.717) is 12.1 Å². The molecular formula is C12H14F4O3. The Morgan fingerprint density at radius 2 is 1.68 bits per heavy atom. The van der Waals surface area contributed by atoms with Crippen molar-refractivity contribution in [3.8, 4) is 0 Å². The predicted molar refractivity (Wildman–Crippen MR) is 58.8 cm³/mol. The molecule has 1 aromatic rings. The van der Waals surface area contributed by atoms with Crippen LogP contribution in [0.4, 0.5) is 17.6 Å². The number of halogens is 4. The third-order valence-corrected chi connectivity index (χ3v) is 2.74. The average molecular weight is 282 g/mol. The van der Waals surface area contributed by atoms with Crippen LogP contribution < -0.4 is 0 Å². The van der Waals surface area contributed by atoms with Gasteiger partial charge in [0.15, 0.2) is 6.29 Å². The molecule has 0 fully saturated rings. The van der Waals surface area contributed by atoms with Crippen molar-refractivity contribution in [2.24, 2.45) is 0 Å². The summed E-state index contributed by atoms with van der Waals surface area (Å²) in [4.78, 5) is 0. The molecule has 108 valence electrons. The van der Waals surface area contributed by atoms with Crippen molar-refractivity contribution in [1.29, 1.82) is 0 Å². The van der Waals surface area contributed by atoms with Gasteiger partial charge in [0, 0.05) is 14.2 Å². The van der Waals surface area contributed by atoms with Gasteiger partial charge in [0.25, 0.3) is 0 Å². The number of methoxy groups -OCH3 is 2. The molecule has 0 saturated heterocycles. The summed E-state index contributed by atoms with van der Waals surface area (Å²) in [5, 5.41) is 10.2. The Labute approximate surface area is 107 Å². The Bertz CT molecular complexity index is 439. The van der Waals surface area contributed by atoms with E-state index in [-0.39, 0.29) is 5.56 Å². The molecule has 7 heteroatoms. The first kappa shape index (κ1) is 15.9. The van der Waals surface area contributed by atoms with Crippen LogP contribution in [0, 0.1) is 5.82 Å². The summed E-state index contributed by atoms with van der Waals surface area (Å²) in [7, 11) is 2.47. The van der Waals surface area contributed by atoms with Gasteiger partial charge in [0.1, 0.15) is 11.4 Å². The second-order valence-electron chi connectivity index (χ2n) is 4.14. The highest BCUT2D eigenvalue weighted by atomic mass is 19.4. The van der Waals surface area contributed by atoms with E-state index in [1.165, 1.54) is 21.1 Å². The van der Waals surface area contributed by atoms with Crippen LogP contribution in [-0.2, 0) is 21.3 Å². The van der Waals surface area contributed by atoms with Crippen molar-refractivity contribution in [3.05, 3.63) is 35.1 Å². The molecule has 0 aromatic heterocycles. The molecule has 0 bridgehead atoms. The summed E-state index contributed by atoms with van der Waals surface area (Å²) >= 11 is 0. The molecule has 0 saturated carbocycles. The van der Waals surface area contributed by atoms with Gasteiger partial charge in [0.05, 0.1) is 5.56 Å². The quantitative estimate of drug-likeness (QED) is 0.681. The molecule has 0 aliphatic carbocycles. The molecule has 0 spiro atoms. The van der Waals surface area contributed by atoms with E-state index in [4.69, 9.17) is 9.47 Å². The molecule has 0 amide bonds. The van der Waals surface area contributed by atoms with Gasteiger partial charge in [-0.25, -0.2) is 4.39 Å². The Kier molecular flexibility index (Phi) is 4.54. The molecule has 1 unspecified atom stereocenters. The minimum absolute atomic E-state index is 0.157. The van der Waals surface area contributed by atoms with Gasteiger partial charge in [-0.3, -0.25) is 0 Å². The van der Waals surface area contributed by atoms with Crippen LogP contribution in [0.3, 0.4) is 0 Å². The van der Waals surface area contributed by atoms with Crippen LogP contribution >= 0.6 is 0 Å². The molecule has 0 heterocycles. The molecular weight excluding hydrogens is 268 g/mol. The van der Waals surface area contributed by atoms with Crippen LogP contribution in [0.25, 0.3) is 0 Å². The molecule has 3 nitrogen and oxygen atoms in total. The summed E-state index contributed by atoms with van der Waals surface area (Å²) < 4.78 is 60.6. The number of aliphatic hydroxyl groups is 1. The molecule has 0 aliphatic rings. The van der Waals surface area contributed by atoms with Gasteiger partial charge in [-0.15, -0.1) is 0 Å². The number of benzene rings is 1. The highest BCUT2D eigenvalue weighted by Gasteiger charge is 2.39. The maximum atomic E-state index is 13.2. The Hall–Kier alpha value is -1.18. The third-order valence-electron chi connectivity index (χ3n) is 2.74. The van der Waals surface area contributed by atoms with E-state index < -0.39 is 29.4 Å². The molecule has 1 N–H and O–H groups in total. The van der Waals surface area contributed by atoms with E-state index in [1.54, 1.807) is 0 Å². The molecule has 1 aromatic carbocycles. The maximum Gasteiger partial charge on any atom is 0.419 e. The lowest BCUT2D eigenvalue weighted by molar-refractivity contribution is -0.213. The fourth-order valence-electron chi connectivity index (χ4n) is 1.75. The second-order valence-corrected chi connectivity index (χ2v) is 4.14. The zero-order valence-electron chi connectivity index (χ0n) is 10.6. The second kappa shape index (κ2) is 5.44. The maximum absolute atomic E-state index is 13.2. The monoisotopic (exact) mass is 282 g/mol. The van der Waals surface area contributed by atoms with E-state index in [2.05, 4.69) is 0 Å². The smallest absolute Gasteiger partial charge is 0.380 e. The van der Waals surface area contributed by atoms with Crippen molar-refractivity contribution in [2.45, 2.75) is 25.0 Å². The highest BCUT2D eigenvalue weighted by Crippen LogP contribution is 2.35. The Morgan fingerprint density at radius 3 is 2.11 bits per heavy atom. The van der Waals surface area contributed by atoms with Crippen molar-refractivity contribution in [1.82, 2.24) is 0 Å². The SMILES string of the molecule is COC(OC)C(C)(O)c1ccc(F)c(C(F)(F)F)c1. The first-order valence-electron chi connectivity index (χ1n) is 5.29. The van der Waals surface area contributed by atoms with Crippen molar-refractivity contribution in [3.63, 3.8) is 0 Å². The van der Waals surface area contributed by atoms with Crippen LogP contribution in [0.1, 0.15) is 18.1 Å². The van der Waals surface area contributed by atoms with E-state index in [0.717, 1.165) is 6.07 Å². The van der Waals surface area contributed by atoms with Crippen molar-refractivity contribution < 1.29 is 32.1 Å². The standard InChI is InChI=1S/C12H14F4O3/c1-11(17,10(18-2)19-3)7-4-5-9(13)8(6-7)12(14,15)16/h4-6,10,17H,1-3H3. The number of alkyl halides is 3. The Balaban J connectivity index is 3.29. The van der Waals surface area contributed by atoms with Gasteiger partial charge in [0.2, 0.25) is 0 Å². The summed E-state index contributed by atoms with van der Waals surface area (Å²) in [5.74, 6) is -1.40. The lowest BCUT2D eigenvalue weighted by Crippen LogP contribution is -2.39. The van der Waals surface area contributed by atoms with Gasteiger partial charge in [-0.2, -0.15) is 13.2 Å². The summed E-state index contributed by atoms with van der Waals surface area (Å²) in [6.07, 6.45) is -6.02. The molecule has 1 rings (SSSR count). The van der Waals surface area contributed by atoms with E-state index in [1.807, 2.05) is 0 Å². The number of hydrogen-bond donors (Lipinski definition) is 1.